The number of hydrogen-bond acceptors (Lipinski definition) is 2. The van der Waals surface area contributed by atoms with Gasteiger partial charge in [0.25, 0.3) is 0 Å². The molecule has 0 aliphatic rings. The van der Waals surface area contributed by atoms with Crippen LogP contribution in [0.5, 0.6) is 5.75 Å². The molecule has 0 aromatic carbocycles. The molecule has 0 atom stereocenters. The van der Waals surface area contributed by atoms with Gasteiger partial charge in [0.05, 0.1) is 4.47 Å². The average molecular weight is 242 g/mol. The summed E-state index contributed by atoms with van der Waals surface area (Å²) in [4.78, 5) is 3.21. The number of halogens is 4. The largest absolute Gasteiger partial charge is 0.433 e. The second kappa shape index (κ2) is 3.75. The number of hydrogen-bond donors (Lipinski definition) is 0. The van der Waals surface area contributed by atoms with E-state index in [9.17, 15) is 13.2 Å². The Bertz CT molecular complexity index is 281. The third kappa shape index (κ3) is 2.37. The molecule has 0 aliphatic heterocycles. The molecule has 66 valence electrons. The van der Waals surface area contributed by atoms with Gasteiger partial charge in [0, 0.05) is 12.3 Å². The van der Waals surface area contributed by atoms with E-state index < -0.39 is 12.6 Å². The summed E-state index contributed by atoms with van der Waals surface area (Å²) in [6, 6.07) is 0.774. The predicted octanol–water partition coefficient (Wildman–Crippen LogP) is 2.58. The van der Waals surface area contributed by atoms with Crippen molar-refractivity contribution in [3.8, 4) is 5.75 Å². The van der Waals surface area contributed by atoms with Gasteiger partial charge in [0.15, 0.2) is 0 Å². The highest BCUT2D eigenvalue weighted by Gasteiger charge is 2.09. The van der Waals surface area contributed by atoms with Crippen LogP contribution >= 0.6 is 15.9 Å². The first-order chi connectivity index (χ1) is 5.59. The third-order valence-electron chi connectivity index (χ3n) is 1.00. The number of pyridine rings is 1. The Morgan fingerprint density at radius 3 is 2.75 bits per heavy atom. The normalized spacial score (nSPS) is 10.4. The van der Waals surface area contributed by atoms with Crippen LogP contribution in [0.2, 0.25) is 0 Å². The van der Waals surface area contributed by atoms with Crippen molar-refractivity contribution in [1.82, 2.24) is 4.98 Å². The van der Waals surface area contributed by atoms with Crippen LogP contribution in [0, 0.1) is 5.95 Å². The molecule has 6 heteroatoms. The maximum atomic E-state index is 12.3. The van der Waals surface area contributed by atoms with Gasteiger partial charge in [0.1, 0.15) is 5.75 Å². The summed E-state index contributed by atoms with van der Waals surface area (Å²) in [5, 5.41) is 0. The van der Waals surface area contributed by atoms with E-state index in [0.29, 0.717) is 0 Å². The lowest BCUT2D eigenvalue weighted by Crippen LogP contribution is -2.03. The van der Waals surface area contributed by atoms with Crippen LogP contribution in [0.15, 0.2) is 16.7 Å². The van der Waals surface area contributed by atoms with Crippen LogP contribution < -0.4 is 4.74 Å². The van der Waals surface area contributed by atoms with Gasteiger partial charge < -0.3 is 4.74 Å². The molecule has 0 aliphatic carbocycles. The van der Waals surface area contributed by atoms with Crippen molar-refractivity contribution >= 4 is 15.9 Å². The highest BCUT2D eigenvalue weighted by atomic mass is 79.9. The maximum absolute atomic E-state index is 12.3. The predicted molar refractivity (Wildman–Crippen MR) is 38.5 cm³/mol. The summed E-state index contributed by atoms with van der Waals surface area (Å²) in [6.07, 6.45) is 1.05. The smallest absolute Gasteiger partial charge is 0.387 e. The molecule has 1 aromatic rings. The fourth-order valence-corrected chi connectivity index (χ4v) is 0.893. The Balaban J connectivity index is 2.90. The van der Waals surface area contributed by atoms with Crippen LogP contribution in [0.25, 0.3) is 0 Å². The Kier molecular flexibility index (Phi) is 2.91. The van der Waals surface area contributed by atoms with E-state index in [-0.39, 0.29) is 10.2 Å². The Labute approximate surface area is 74.5 Å². The zero-order valence-electron chi connectivity index (χ0n) is 5.60. The maximum Gasteiger partial charge on any atom is 0.387 e. The van der Waals surface area contributed by atoms with Gasteiger partial charge in [-0.1, -0.05) is 0 Å². The van der Waals surface area contributed by atoms with Gasteiger partial charge >= 0.3 is 6.61 Å². The standard InChI is InChI=1S/C6H3BrF3NO/c7-3-2-11-5(8)1-4(3)12-6(9)10/h1-2,6H. The molecule has 1 heterocycles. The van der Waals surface area contributed by atoms with E-state index in [1.54, 1.807) is 0 Å². The lowest BCUT2D eigenvalue weighted by molar-refractivity contribution is -0.0505. The number of aromatic nitrogens is 1. The first-order valence-corrected chi connectivity index (χ1v) is 3.65. The summed E-state index contributed by atoms with van der Waals surface area (Å²) >= 11 is 2.87. The Morgan fingerprint density at radius 1 is 1.50 bits per heavy atom. The second-order valence-corrected chi connectivity index (χ2v) is 2.67. The molecule has 0 fully saturated rings. The van der Waals surface area contributed by atoms with Gasteiger partial charge in [-0.05, 0) is 15.9 Å². The van der Waals surface area contributed by atoms with Crippen molar-refractivity contribution < 1.29 is 17.9 Å². The van der Waals surface area contributed by atoms with Crippen molar-refractivity contribution in [3.05, 3.63) is 22.7 Å². The van der Waals surface area contributed by atoms with E-state index in [2.05, 4.69) is 25.7 Å². The van der Waals surface area contributed by atoms with Crippen LogP contribution in [-0.2, 0) is 0 Å². The highest BCUT2D eigenvalue weighted by molar-refractivity contribution is 9.10. The lowest BCUT2D eigenvalue weighted by atomic mass is 10.4. The number of rotatable bonds is 2. The fraction of sp³-hybridized carbons (Fsp3) is 0.167. The van der Waals surface area contributed by atoms with Crippen LogP contribution in [0.3, 0.4) is 0 Å². The summed E-state index contributed by atoms with van der Waals surface area (Å²) in [6.45, 7) is -2.97. The topological polar surface area (TPSA) is 22.1 Å². The van der Waals surface area contributed by atoms with E-state index in [1.807, 2.05) is 0 Å². The van der Waals surface area contributed by atoms with Gasteiger partial charge in [0.2, 0.25) is 5.95 Å². The molecule has 0 saturated carbocycles. The number of alkyl halides is 2. The molecule has 1 rings (SSSR count). The molecule has 0 amide bonds. The molecular formula is C6H3BrF3NO. The SMILES string of the molecule is Fc1cc(OC(F)F)c(Br)cn1. The van der Waals surface area contributed by atoms with Crippen LogP contribution in [0.1, 0.15) is 0 Å². The van der Waals surface area contributed by atoms with Crippen molar-refractivity contribution in [2.45, 2.75) is 6.61 Å². The zero-order chi connectivity index (χ0) is 9.14. The minimum Gasteiger partial charge on any atom is -0.433 e. The number of ether oxygens (including phenoxy) is 1. The van der Waals surface area contributed by atoms with Gasteiger partial charge in [-0.15, -0.1) is 0 Å². The lowest BCUT2D eigenvalue weighted by Gasteiger charge is -2.04. The quantitative estimate of drug-likeness (QED) is 0.743. The first-order valence-electron chi connectivity index (χ1n) is 2.85. The van der Waals surface area contributed by atoms with Gasteiger partial charge in [-0.3, -0.25) is 0 Å². The monoisotopic (exact) mass is 241 g/mol. The van der Waals surface area contributed by atoms with Gasteiger partial charge in [-0.2, -0.15) is 13.2 Å². The van der Waals surface area contributed by atoms with Crippen LogP contribution in [-0.4, -0.2) is 11.6 Å². The number of nitrogens with zero attached hydrogens (tertiary/aromatic N) is 1. The molecule has 2 nitrogen and oxygen atoms in total. The minimum absolute atomic E-state index is 0.184. The molecule has 0 saturated heterocycles. The second-order valence-electron chi connectivity index (χ2n) is 1.82. The molecule has 0 spiro atoms. The summed E-state index contributed by atoms with van der Waals surface area (Å²) in [5.41, 5.74) is 0. The summed E-state index contributed by atoms with van der Waals surface area (Å²) in [7, 11) is 0. The molecule has 1 aromatic heterocycles. The zero-order valence-corrected chi connectivity index (χ0v) is 7.19. The summed E-state index contributed by atoms with van der Waals surface area (Å²) in [5.74, 6) is -1.13. The van der Waals surface area contributed by atoms with E-state index in [0.717, 1.165) is 12.3 Å². The van der Waals surface area contributed by atoms with E-state index >= 15 is 0 Å². The fourth-order valence-electron chi connectivity index (χ4n) is 0.583. The molecule has 0 radical (unpaired) electrons. The molecule has 0 unspecified atom stereocenters. The molecule has 0 bridgehead atoms. The van der Waals surface area contributed by atoms with Crippen molar-refractivity contribution in [3.63, 3.8) is 0 Å². The minimum atomic E-state index is -2.97. The third-order valence-corrected chi connectivity index (χ3v) is 1.60. The van der Waals surface area contributed by atoms with Crippen molar-refractivity contribution in [1.29, 1.82) is 0 Å². The Hall–Kier alpha value is -0.780. The van der Waals surface area contributed by atoms with E-state index in [1.165, 1.54) is 0 Å². The van der Waals surface area contributed by atoms with Crippen molar-refractivity contribution in [2.24, 2.45) is 0 Å². The first kappa shape index (κ1) is 9.31. The molecular weight excluding hydrogens is 239 g/mol. The summed E-state index contributed by atoms with van der Waals surface area (Å²) < 4.78 is 39.8. The average Bonchev–Trinajstić information content (AvgIpc) is 1.96. The van der Waals surface area contributed by atoms with Crippen LogP contribution in [0.4, 0.5) is 13.2 Å². The Morgan fingerprint density at radius 2 is 2.17 bits per heavy atom. The van der Waals surface area contributed by atoms with E-state index in [4.69, 9.17) is 0 Å². The van der Waals surface area contributed by atoms with Gasteiger partial charge in [-0.25, -0.2) is 4.98 Å². The molecule has 12 heavy (non-hydrogen) atoms. The van der Waals surface area contributed by atoms with Crippen molar-refractivity contribution in [2.75, 3.05) is 0 Å². The molecule has 0 N–H and O–H groups in total. The highest BCUT2D eigenvalue weighted by Crippen LogP contribution is 2.25.